The van der Waals surface area contributed by atoms with E-state index in [0.717, 1.165) is 20.3 Å². The number of benzene rings is 1. The van der Waals surface area contributed by atoms with Crippen molar-refractivity contribution in [3.8, 4) is 11.5 Å². The molecule has 2 heterocycles. The minimum absolute atomic E-state index is 0.243. The average molecular weight is 452 g/mol. The molecular weight excluding hydrogens is 435 g/mol. The summed E-state index contributed by atoms with van der Waals surface area (Å²) in [7, 11) is 4.94. The van der Waals surface area contributed by atoms with E-state index in [2.05, 4.69) is 38.0 Å². The third-order valence-electron chi connectivity index (χ3n) is 3.84. The zero-order chi connectivity index (χ0) is 18.1. The number of hydrogen-bond donors (Lipinski definition) is 1. The van der Waals surface area contributed by atoms with Crippen molar-refractivity contribution in [1.29, 1.82) is 0 Å². The molecule has 0 unspecified atom stereocenters. The lowest BCUT2D eigenvalue weighted by molar-refractivity contribution is 0.102. The Bertz CT molecular complexity index is 968. The monoisotopic (exact) mass is 452 g/mol. The lowest BCUT2D eigenvalue weighted by atomic mass is 10.2. The van der Waals surface area contributed by atoms with Gasteiger partial charge in [0, 0.05) is 16.0 Å². The first-order valence-corrected chi connectivity index (χ1v) is 8.54. The van der Waals surface area contributed by atoms with E-state index in [1.807, 2.05) is 20.0 Å². The number of carbonyl (C=O) groups excluding carboxylic acids is 1. The molecule has 0 aliphatic carbocycles. The number of nitrogens with zero attached hydrogens (tertiary/aromatic N) is 3. The maximum Gasteiger partial charge on any atom is 0.256 e. The first-order valence-electron chi connectivity index (χ1n) is 7.46. The van der Waals surface area contributed by atoms with Crippen LogP contribution in [0.3, 0.4) is 0 Å². The van der Waals surface area contributed by atoms with Gasteiger partial charge in [0.1, 0.15) is 0 Å². The van der Waals surface area contributed by atoms with Gasteiger partial charge in [-0.3, -0.25) is 9.48 Å². The first kappa shape index (κ1) is 17.5. The molecule has 0 atom stereocenters. The van der Waals surface area contributed by atoms with Crippen molar-refractivity contribution < 1.29 is 14.3 Å². The second-order valence-corrected chi connectivity index (χ2v) is 6.61. The van der Waals surface area contributed by atoms with Crippen LogP contribution in [-0.4, -0.2) is 34.9 Å². The Morgan fingerprint density at radius 1 is 1.20 bits per heavy atom. The van der Waals surface area contributed by atoms with Crippen molar-refractivity contribution in [1.82, 2.24) is 14.8 Å². The smallest absolute Gasteiger partial charge is 0.256 e. The van der Waals surface area contributed by atoms with Gasteiger partial charge < -0.3 is 14.8 Å². The lowest BCUT2D eigenvalue weighted by Gasteiger charge is -2.12. The highest BCUT2D eigenvalue weighted by atomic mass is 127. The molecule has 0 aliphatic heterocycles. The molecule has 0 fully saturated rings. The molecule has 0 bridgehead atoms. The SMILES string of the molecule is COc1cc(I)c(C(=O)Nc2cnc3c(c2)c(C)nn3C)cc1OC. The van der Waals surface area contributed by atoms with Crippen LogP contribution in [0, 0.1) is 10.5 Å². The number of aromatic nitrogens is 3. The number of halogens is 1. The number of aryl methyl sites for hydroxylation is 2. The molecule has 0 aliphatic rings. The van der Waals surface area contributed by atoms with Gasteiger partial charge in [-0.2, -0.15) is 5.10 Å². The average Bonchev–Trinajstić information content (AvgIpc) is 2.88. The van der Waals surface area contributed by atoms with Gasteiger partial charge >= 0.3 is 0 Å². The van der Waals surface area contributed by atoms with Gasteiger partial charge in [0.2, 0.25) is 0 Å². The summed E-state index contributed by atoms with van der Waals surface area (Å²) < 4.78 is 13.0. The number of carbonyl (C=O) groups is 1. The molecule has 3 rings (SSSR count). The van der Waals surface area contributed by atoms with Crippen LogP contribution in [0.2, 0.25) is 0 Å². The molecule has 1 aromatic carbocycles. The van der Waals surface area contributed by atoms with Crippen molar-refractivity contribution >= 4 is 45.2 Å². The van der Waals surface area contributed by atoms with Crippen molar-refractivity contribution in [3.63, 3.8) is 0 Å². The number of pyridine rings is 1. The Hall–Kier alpha value is -2.36. The summed E-state index contributed by atoms with van der Waals surface area (Å²) in [5.41, 5.74) is 2.75. The Balaban J connectivity index is 1.93. The summed E-state index contributed by atoms with van der Waals surface area (Å²) in [6, 6.07) is 5.30. The van der Waals surface area contributed by atoms with Crippen molar-refractivity contribution in [2.45, 2.75) is 6.92 Å². The zero-order valence-electron chi connectivity index (χ0n) is 14.3. The molecule has 1 N–H and O–H groups in total. The lowest BCUT2D eigenvalue weighted by Crippen LogP contribution is -2.14. The molecule has 8 heteroatoms. The summed E-state index contributed by atoms with van der Waals surface area (Å²) in [6.45, 7) is 1.91. The number of ether oxygens (including phenoxy) is 2. The fraction of sp³-hybridized carbons (Fsp3) is 0.235. The Labute approximate surface area is 158 Å². The molecule has 130 valence electrons. The maximum atomic E-state index is 12.7. The summed E-state index contributed by atoms with van der Waals surface area (Å²) in [5.74, 6) is 0.843. The molecule has 0 spiro atoms. The van der Waals surface area contributed by atoms with Gasteiger partial charge in [0.25, 0.3) is 5.91 Å². The number of anilines is 1. The fourth-order valence-corrected chi connectivity index (χ4v) is 3.29. The Morgan fingerprint density at radius 2 is 1.88 bits per heavy atom. The molecule has 0 radical (unpaired) electrons. The predicted molar refractivity (Wildman–Crippen MR) is 103 cm³/mol. The van der Waals surface area contributed by atoms with Gasteiger partial charge in [-0.1, -0.05) is 0 Å². The Kier molecular flexibility index (Phi) is 4.80. The molecule has 0 saturated heterocycles. The van der Waals surface area contributed by atoms with E-state index >= 15 is 0 Å². The fourth-order valence-electron chi connectivity index (χ4n) is 2.60. The van der Waals surface area contributed by atoms with Crippen LogP contribution < -0.4 is 14.8 Å². The van der Waals surface area contributed by atoms with Gasteiger partial charge in [0.15, 0.2) is 17.1 Å². The third kappa shape index (κ3) is 3.26. The van der Waals surface area contributed by atoms with Crippen LogP contribution in [0.5, 0.6) is 11.5 Å². The van der Waals surface area contributed by atoms with E-state index < -0.39 is 0 Å². The Morgan fingerprint density at radius 3 is 2.56 bits per heavy atom. The van der Waals surface area contributed by atoms with Crippen LogP contribution in [0.15, 0.2) is 24.4 Å². The number of methoxy groups -OCH3 is 2. The molecule has 1 amide bonds. The third-order valence-corrected chi connectivity index (χ3v) is 4.73. The largest absolute Gasteiger partial charge is 0.493 e. The van der Waals surface area contributed by atoms with Crippen LogP contribution in [0.4, 0.5) is 5.69 Å². The molecule has 2 aromatic heterocycles. The summed E-state index contributed by atoms with van der Waals surface area (Å²) in [6.07, 6.45) is 1.62. The van der Waals surface area contributed by atoms with Crippen LogP contribution in [-0.2, 0) is 7.05 Å². The van der Waals surface area contributed by atoms with Crippen LogP contribution in [0.25, 0.3) is 11.0 Å². The van der Waals surface area contributed by atoms with Crippen LogP contribution in [0.1, 0.15) is 16.1 Å². The second-order valence-electron chi connectivity index (χ2n) is 5.45. The van der Waals surface area contributed by atoms with E-state index in [-0.39, 0.29) is 5.91 Å². The molecule has 0 saturated carbocycles. The van der Waals surface area contributed by atoms with Crippen molar-refractivity contribution in [3.05, 3.63) is 39.2 Å². The minimum atomic E-state index is -0.243. The number of rotatable bonds is 4. The number of nitrogens with one attached hydrogen (secondary N) is 1. The highest BCUT2D eigenvalue weighted by Crippen LogP contribution is 2.31. The predicted octanol–water partition coefficient (Wildman–Crippen LogP) is 3.15. The van der Waals surface area contributed by atoms with E-state index in [1.54, 1.807) is 30.1 Å². The summed E-state index contributed by atoms with van der Waals surface area (Å²) in [4.78, 5) is 17.0. The molecule has 25 heavy (non-hydrogen) atoms. The van der Waals surface area contributed by atoms with Crippen molar-refractivity contribution in [2.75, 3.05) is 19.5 Å². The first-order chi connectivity index (χ1) is 11.9. The van der Waals surface area contributed by atoms with Crippen molar-refractivity contribution in [2.24, 2.45) is 7.05 Å². The topological polar surface area (TPSA) is 78.3 Å². The van der Waals surface area contributed by atoms with E-state index in [1.165, 1.54) is 7.11 Å². The zero-order valence-corrected chi connectivity index (χ0v) is 16.4. The number of fused-ring (bicyclic) bond motifs is 1. The summed E-state index contributed by atoms with van der Waals surface area (Å²) in [5, 5.41) is 8.12. The summed E-state index contributed by atoms with van der Waals surface area (Å²) >= 11 is 2.10. The van der Waals surface area contributed by atoms with E-state index in [9.17, 15) is 4.79 Å². The van der Waals surface area contributed by atoms with Gasteiger partial charge in [-0.25, -0.2) is 4.98 Å². The highest BCUT2D eigenvalue weighted by molar-refractivity contribution is 14.1. The highest BCUT2D eigenvalue weighted by Gasteiger charge is 2.16. The molecular formula is C17H17IN4O3. The quantitative estimate of drug-likeness (QED) is 0.616. The van der Waals surface area contributed by atoms with Crippen LogP contribution >= 0.6 is 22.6 Å². The minimum Gasteiger partial charge on any atom is -0.493 e. The second kappa shape index (κ2) is 6.87. The number of hydrogen-bond acceptors (Lipinski definition) is 5. The maximum absolute atomic E-state index is 12.7. The molecule has 7 nitrogen and oxygen atoms in total. The normalized spacial score (nSPS) is 10.8. The van der Waals surface area contributed by atoms with E-state index in [4.69, 9.17) is 9.47 Å². The molecule has 3 aromatic rings. The number of amides is 1. The standard InChI is InChI=1S/C17H17IN4O3/c1-9-11-5-10(8-19-16(11)22(2)21-9)20-17(23)12-6-14(24-3)15(25-4)7-13(12)18/h5-8H,1-4H3,(H,20,23). The van der Waals surface area contributed by atoms with Gasteiger partial charge in [-0.05, 0) is 47.7 Å². The van der Waals surface area contributed by atoms with E-state index in [0.29, 0.717) is 22.7 Å². The van der Waals surface area contributed by atoms with Gasteiger partial charge in [0.05, 0.1) is 37.4 Å². The van der Waals surface area contributed by atoms with Gasteiger partial charge in [-0.15, -0.1) is 0 Å².